The van der Waals surface area contributed by atoms with Gasteiger partial charge in [-0.15, -0.1) is 0 Å². The van der Waals surface area contributed by atoms with Gasteiger partial charge in [-0.1, -0.05) is 11.3 Å². The summed E-state index contributed by atoms with van der Waals surface area (Å²) in [4.78, 5) is 17.7. The fraction of sp³-hybridized carbons (Fsp3) is 0.692. The van der Waals surface area contributed by atoms with E-state index in [4.69, 9.17) is 9.47 Å². The van der Waals surface area contributed by atoms with E-state index in [2.05, 4.69) is 20.9 Å². The minimum atomic E-state index is -0.205. The Hall–Kier alpha value is -0.820. The van der Waals surface area contributed by atoms with Crippen molar-refractivity contribution >= 4 is 33.4 Å². The third-order valence-corrected chi connectivity index (χ3v) is 4.50. The van der Waals surface area contributed by atoms with Crippen molar-refractivity contribution in [1.29, 1.82) is 0 Å². The van der Waals surface area contributed by atoms with Crippen LogP contribution in [0.1, 0.15) is 26.7 Å². The number of nitrogens with zero attached hydrogens (tertiary/aromatic N) is 2. The highest BCUT2D eigenvalue weighted by Gasteiger charge is 2.24. The number of carbonyl (C=O) groups excluding carboxylic acids is 1. The number of amides is 1. The van der Waals surface area contributed by atoms with Gasteiger partial charge in [0.05, 0.1) is 22.7 Å². The maximum atomic E-state index is 11.8. The highest BCUT2D eigenvalue weighted by atomic mass is 79.9. The van der Waals surface area contributed by atoms with Crippen LogP contribution in [-0.2, 0) is 4.74 Å². The third-order valence-electron chi connectivity index (χ3n) is 3.11. The molecule has 1 fully saturated rings. The van der Waals surface area contributed by atoms with Crippen molar-refractivity contribution in [3.8, 4) is 5.19 Å². The zero-order valence-electron chi connectivity index (χ0n) is 11.7. The van der Waals surface area contributed by atoms with Crippen LogP contribution in [0.15, 0.2) is 9.98 Å². The Balaban J connectivity index is 1.70. The van der Waals surface area contributed by atoms with Gasteiger partial charge in [-0.2, -0.15) is 0 Å². The van der Waals surface area contributed by atoms with Gasteiger partial charge in [0.25, 0.3) is 5.19 Å². The number of piperidine rings is 1. The molecule has 0 aliphatic carbocycles. The van der Waals surface area contributed by atoms with E-state index in [1.807, 2.05) is 13.8 Å². The molecule has 2 rings (SSSR count). The molecule has 0 N–H and O–H groups in total. The summed E-state index contributed by atoms with van der Waals surface area (Å²) in [5.74, 6) is 0.473. The van der Waals surface area contributed by atoms with Crippen molar-refractivity contribution < 1.29 is 14.3 Å². The van der Waals surface area contributed by atoms with Gasteiger partial charge in [0, 0.05) is 13.1 Å². The molecular weight excluding hydrogens is 344 g/mol. The smallest absolute Gasteiger partial charge is 0.410 e. The van der Waals surface area contributed by atoms with Gasteiger partial charge in [0.2, 0.25) is 0 Å². The van der Waals surface area contributed by atoms with Gasteiger partial charge < -0.3 is 14.4 Å². The molecular formula is C13H19BrN2O3S. The first-order chi connectivity index (χ1) is 9.54. The lowest BCUT2D eigenvalue weighted by molar-refractivity contribution is 0.0608. The van der Waals surface area contributed by atoms with Crippen LogP contribution in [-0.4, -0.2) is 41.8 Å². The summed E-state index contributed by atoms with van der Waals surface area (Å²) in [5.41, 5.74) is 0. The molecule has 1 aromatic rings. The van der Waals surface area contributed by atoms with Crippen LogP contribution in [0.3, 0.4) is 0 Å². The summed E-state index contributed by atoms with van der Waals surface area (Å²) in [6.45, 7) is 5.87. The molecule has 20 heavy (non-hydrogen) atoms. The Morgan fingerprint density at radius 3 is 2.80 bits per heavy atom. The minimum Gasteiger partial charge on any atom is -0.470 e. The molecule has 1 amide bonds. The first-order valence-electron chi connectivity index (χ1n) is 6.74. The standard InChI is InChI=1S/C13H19BrN2O3S/c1-9(2)19-13(17)16-5-3-10(4-6-16)8-18-12-15-7-11(14)20-12/h7,9-10H,3-6,8H2,1-2H3. The number of hydrogen-bond acceptors (Lipinski definition) is 5. The van der Waals surface area contributed by atoms with Crippen LogP contribution in [0, 0.1) is 5.92 Å². The lowest BCUT2D eigenvalue weighted by atomic mass is 9.98. The van der Waals surface area contributed by atoms with E-state index in [0.717, 1.165) is 29.7 Å². The summed E-state index contributed by atoms with van der Waals surface area (Å²) >= 11 is 4.85. The van der Waals surface area contributed by atoms with E-state index in [9.17, 15) is 4.79 Å². The van der Waals surface area contributed by atoms with Gasteiger partial charge in [-0.05, 0) is 48.5 Å². The molecule has 1 aliphatic rings. The van der Waals surface area contributed by atoms with E-state index in [1.54, 1.807) is 11.1 Å². The molecule has 1 aromatic heterocycles. The molecule has 0 atom stereocenters. The monoisotopic (exact) mass is 362 g/mol. The summed E-state index contributed by atoms with van der Waals surface area (Å²) in [5, 5.41) is 0.693. The van der Waals surface area contributed by atoms with E-state index >= 15 is 0 Å². The lowest BCUT2D eigenvalue weighted by Crippen LogP contribution is -2.40. The van der Waals surface area contributed by atoms with Crippen LogP contribution < -0.4 is 4.74 Å². The predicted molar refractivity (Wildman–Crippen MR) is 81.2 cm³/mol. The molecule has 2 heterocycles. The molecule has 5 nitrogen and oxygen atoms in total. The second kappa shape index (κ2) is 7.26. The normalized spacial score (nSPS) is 16.5. The van der Waals surface area contributed by atoms with Crippen molar-refractivity contribution in [2.75, 3.05) is 19.7 Å². The van der Waals surface area contributed by atoms with Crippen LogP contribution in [0.25, 0.3) is 0 Å². The number of aromatic nitrogens is 1. The lowest BCUT2D eigenvalue weighted by Gasteiger charge is -2.31. The van der Waals surface area contributed by atoms with E-state index in [-0.39, 0.29) is 12.2 Å². The summed E-state index contributed by atoms with van der Waals surface area (Å²) in [6.07, 6.45) is 3.36. The first kappa shape index (κ1) is 15.6. The molecule has 0 radical (unpaired) electrons. The second-order valence-electron chi connectivity index (χ2n) is 5.10. The van der Waals surface area contributed by atoms with Crippen LogP contribution in [0.4, 0.5) is 4.79 Å². The predicted octanol–water partition coefficient (Wildman–Crippen LogP) is 3.54. The zero-order chi connectivity index (χ0) is 14.5. The van der Waals surface area contributed by atoms with Crippen LogP contribution in [0.2, 0.25) is 0 Å². The number of thiazole rings is 1. The summed E-state index contributed by atoms with van der Waals surface area (Å²) in [7, 11) is 0. The van der Waals surface area contributed by atoms with Gasteiger partial charge in [-0.3, -0.25) is 0 Å². The Labute approximate surface area is 131 Å². The zero-order valence-corrected chi connectivity index (χ0v) is 14.1. The van der Waals surface area contributed by atoms with Crippen molar-refractivity contribution in [2.24, 2.45) is 5.92 Å². The number of hydrogen-bond donors (Lipinski definition) is 0. The molecule has 0 unspecified atom stereocenters. The van der Waals surface area contributed by atoms with Crippen LogP contribution in [0.5, 0.6) is 5.19 Å². The van der Waals surface area contributed by atoms with Gasteiger partial charge in [0.15, 0.2) is 0 Å². The molecule has 1 saturated heterocycles. The fourth-order valence-electron chi connectivity index (χ4n) is 2.05. The van der Waals surface area contributed by atoms with Gasteiger partial charge in [0.1, 0.15) is 0 Å². The van der Waals surface area contributed by atoms with Crippen molar-refractivity contribution in [1.82, 2.24) is 9.88 Å². The molecule has 1 aliphatic heterocycles. The minimum absolute atomic E-state index is 0.0630. The SMILES string of the molecule is CC(C)OC(=O)N1CCC(COc2ncc(Br)s2)CC1. The number of likely N-dealkylation sites (tertiary alicyclic amines) is 1. The molecule has 0 aromatic carbocycles. The first-order valence-corrected chi connectivity index (χ1v) is 8.35. The average molecular weight is 363 g/mol. The Morgan fingerprint density at radius 1 is 1.55 bits per heavy atom. The third kappa shape index (κ3) is 4.63. The summed E-state index contributed by atoms with van der Waals surface area (Å²) in [6, 6.07) is 0. The van der Waals surface area contributed by atoms with E-state index in [0.29, 0.717) is 17.7 Å². The Bertz CT molecular complexity index is 445. The van der Waals surface area contributed by atoms with Gasteiger partial charge >= 0.3 is 6.09 Å². The topological polar surface area (TPSA) is 51.7 Å². The van der Waals surface area contributed by atoms with Crippen molar-refractivity contribution in [2.45, 2.75) is 32.8 Å². The Kier molecular flexibility index (Phi) is 5.65. The average Bonchev–Trinajstić information content (AvgIpc) is 2.82. The largest absolute Gasteiger partial charge is 0.470 e. The Morgan fingerprint density at radius 2 is 2.25 bits per heavy atom. The fourth-order valence-corrected chi connectivity index (χ4v) is 3.08. The molecule has 7 heteroatoms. The maximum absolute atomic E-state index is 11.8. The number of carbonyl (C=O) groups is 1. The van der Waals surface area contributed by atoms with E-state index < -0.39 is 0 Å². The van der Waals surface area contributed by atoms with Crippen molar-refractivity contribution in [3.05, 3.63) is 9.98 Å². The molecule has 0 saturated carbocycles. The summed E-state index contributed by atoms with van der Waals surface area (Å²) < 4.78 is 11.8. The molecule has 112 valence electrons. The van der Waals surface area contributed by atoms with Crippen molar-refractivity contribution in [3.63, 3.8) is 0 Å². The quantitative estimate of drug-likeness (QED) is 0.821. The number of rotatable bonds is 4. The molecule has 0 spiro atoms. The number of halogens is 1. The molecule has 0 bridgehead atoms. The number of ether oxygens (including phenoxy) is 2. The van der Waals surface area contributed by atoms with Crippen LogP contribution >= 0.6 is 27.3 Å². The van der Waals surface area contributed by atoms with E-state index in [1.165, 1.54) is 11.3 Å². The van der Waals surface area contributed by atoms with Gasteiger partial charge in [-0.25, -0.2) is 9.78 Å². The second-order valence-corrected chi connectivity index (χ2v) is 7.48. The highest BCUT2D eigenvalue weighted by molar-refractivity contribution is 9.11. The highest BCUT2D eigenvalue weighted by Crippen LogP contribution is 2.26. The maximum Gasteiger partial charge on any atom is 0.410 e.